The highest BCUT2D eigenvalue weighted by molar-refractivity contribution is 6.31. The van der Waals surface area contributed by atoms with Crippen LogP contribution in [-0.4, -0.2) is 48.2 Å². The van der Waals surface area contributed by atoms with E-state index >= 15 is 0 Å². The number of aliphatic carboxylic acids is 1. The Hall–Kier alpha value is -1.59. The van der Waals surface area contributed by atoms with E-state index in [1.54, 1.807) is 11.0 Å². The molecule has 0 saturated carbocycles. The Morgan fingerprint density at radius 3 is 2.71 bits per heavy atom. The molecule has 0 bridgehead atoms. The maximum atomic E-state index is 13.2. The van der Waals surface area contributed by atoms with Gasteiger partial charge >= 0.3 is 5.97 Å². The lowest BCUT2D eigenvalue weighted by Crippen LogP contribution is -2.46. The Morgan fingerprint density at radius 2 is 2.08 bits per heavy atom. The molecule has 1 N–H and O–H groups in total. The number of hydrogen-bond donors (Lipinski definition) is 1. The van der Waals surface area contributed by atoms with Gasteiger partial charge in [0.1, 0.15) is 0 Å². The number of nitrogens with zero attached hydrogens (tertiary/aromatic N) is 1. The minimum Gasteiger partial charge on any atom is -0.481 e. The topological polar surface area (TPSA) is 66.8 Å². The molecule has 0 unspecified atom stereocenters. The van der Waals surface area contributed by atoms with Crippen molar-refractivity contribution in [1.29, 1.82) is 0 Å². The monoisotopic (exact) mass is 351 g/mol. The molecule has 2 saturated heterocycles. The van der Waals surface area contributed by atoms with Crippen molar-refractivity contribution in [3.63, 3.8) is 0 Å². The zero-order chi connectivity index (χ0) is 17.5. The molecule has 2 aliphatic heterocycles. The summed E-state index contributed by atoms with van der Waals surface area (Å²) in [6.07, 6.45) is 0.448. The molecule has 2 heterocycles. The fourth-order valence-electron chi connectivity index (χ4n) is 3.93. The van der Waals surface area contributed by atoms with Crippen molar-refractivity contribution >= 4 is 23.5 Å². The van der Waals surface area contributed by atoms with E-state index in [1.165, 1.54) is 0 Å². The lowest BCUT2D eigenvalue weighted by molar-refractivity contribution is -0.157. The second-order valence-corrected chi connectivity index (χ2v) is 7.68. The number of halogens is 1. The van der Waals surface area contributed by atoms with Crippen molar-refractivity contribution in [3.8, 4) is 0 Å². The number of carboxylic acid groups (broad SMARTS) is 1. The first-order chi connectivity index (χ1) is 11.3. The largest absolute Gasteiger partial charge is 0.481 e. The number of benzene rings is 1. The molecule has 0 aromatic heterocycles. The van der Waals surface area contributed by atoms with Crippen LogP contribution in [0.1, 0.15) is 25.8 Å². The quantitative estimate of drug-likeness (QED) is 0.908. The van der Waals surface area contributed by atoms with Crippen molar-refractivity contribution in [1.82, 2.24) is 4.90 Å². The zero-order valence-corrected chi connectivity index (χ0v) is 14.7. The lowest BCUT2D eigenvalue weighted by Gasteiger charge is -2.34. The molecule has 1 aromatic rings. The summed E-state index contributed by atoms with van der Waals surface area (Å²) in [5, 5.41) is 10.3. The molecule has 0 spiro atoms. The van der Waals surface area contributed by atoms with Gasteiger partial charge < -0.3 is 14.7 Å². The summed E-state index contributed by atoms with van der Waals surface area (Å²) in [4.78, 5) is 26.7. The minimum absolute atomic E-state index is 0.0920. The van der Waals surface area contributed by atoms with Gasteiger partial charge in [-0.05, 0) is 31.9 Å². The van der Waals surface area contributed by atoms with Crippen LogP contribution in [0.25, 0.3) is 0 Å². The van der Waals surface area contributed by atoms with E-state index < -0.39 is 16.8 Å². The Morgan fingerprint density at radius 1 is 1.38 bits per heavy atom. The van der Waals surface area contributed by atoms with Crippen molar-refractivity contribution in [2.24, 2.45) is 11.3 Å². The number of carbonyl (C=O) groups is 2. The molecule has 0 radical (unpaired) electrons. The predicted octanol–water partition coefficient (Wildman–Crippen LogP) is 2.57. The van der Waals surface area contributed by atoms with Gasteiger partial charge in [-0.15, -0.1) is 0 Å². The molecule has 24 heavy (non-hydrogen) atoms. The highest BCUT2D eigenvalue weighted by Crippen LogP contribution is 2.44. The van der Waals surface area contributed by atoms with E-state index in [4.69, 9.17) is 16.3 Å². The highest BCUT2D eigenvalue weighted by Gasteiger charge is 2.56. The van der Waals surface area contributed by atoms with Crippen LogP contribution in [0.5, 0.6) is 0 Å². The van der Waals surface area contributed by atoms with Crippen LogP contribution in [0.15, 0.2) is 24.3 Å². The third kappa shape index (κ3) is 2.60. The van der Waals surface area contributed by atoms with Gasteiger partial charge in [-0.3, -0.25) is 9.59 Å². The third-order valence-electron chi connectivity index (χ3n) is 5.50. The van der Waals surface area contributed by atoms with E-state index in [0.29, 0.717) is 31.2 Å². The van der Waals surface area contributed by atoms with E-state index in [1.807, 2.05) is 32.0 Å². The molecule has 2 fully saturated rings. The van der Waals surface area contributed by atoms with Crippen LogP contribution < -0.4 is 0 Å². The SMILES string of the molecule is CC(C)(C(=O)N1C[C@H]2COCC[C@@]2(C(=O)O)C1)c1ccccc1Cl. The summed E-state index contributed by atoms with van der Waals surface area (Å²) < 4.78 is 5.45. The highest BCUT2D eigenvalue weighted by atomic mass is 35.5. The molecule has 2 atom stereocenters. The summed E-state index contributed by atoms with van der Waals surface area (Å²) in [6.45, 7) is 5.15. The molecule has 3 rings (SSSR count). The first kappa shape index (κ1) is 17.2. The maximum Gasteiger partial charge on any atom is 0.311 e. The van der Waals surface area contributed by atoms with Crippen molar-refractivity contribution in [2.75, 3.05) is 26.3 Å². The predicted molar refractivity (Wildman–Crippen MR) is 90.1 cm³/mol. The van der Waals surface area contributed by atoms with E-state index in [9.17, 15) is 14.7 Å². The minimum atomic E-state index is -0.884. The van der Waals surface area contributed by atoms with E-state index in [0.717, 1.165) is 5.56 Å². The number of likely N-dealkylation sites (tertiary alicyclic amines) is 1. The number of hydrogen-bond acceptors (Lipinski definition) is 3. The Kier molecular flexibility index (Phi) is 4.34. The van der Waals surface area contributed by atoms with Crippen molar-refractivity contribution in [2.45, 2.75) is 25.7 Å². The standard InChI is InChI=1S/C18H22ClNO4/c1-17(2,13-5-3-4-6-14(13)19)15(21)20-9-12-10-24-8-7-18(12,11-20)16(22)23/h3-6,12H,7-11H2,1-2H3,(H,22,23)/t12-,18+/m0/s1. The molecule has 2 aliphatic rings. The number of rotatable bonds is 3. The molecule has 1 amide bonds. The Bertz CT molecular complexity index is 675. The van der Waals surface area contributed by atoms with Gasteiger partial charge in [-0.1, -0.05) is 29.8 Å². The van der Waals surface area contributed by atoms with Crippen LogP contribution in [0.3, 0.4) is 0 Å². The fourth-order valence-corrected chi connectivity index (χ4v) is 4.30. The average Bonchev–Trinajstić information content (AvgIpc) is 2.95. The van der Waals surface area contributed by atoms with Crippen molar-refractivity contribution in [3.05, 3.63) is 34.9 Å². The molecular weight excluding hydrogens is 330 g/mol. The Labute approximate surface area is 146 Å². The molecule has 5 nitrogen and oxygen atoms in total. The summed E-state index contributed by atoms with van der Waals surface area (Å²) in [6, 6.07) is 7.29. The summed E-state index contributed by atoms with van der Waals surface area (Å²) in [5.41, 5.74) is -0.941. The lowest BCUT2D eigenvalue weighted by atomic mass is 9.74. The van der Waals surface area contributed by atoms with Gasteiger partial charge in [0, 0.05) is 30.6 Å². The van der Waals surface area contributed by atoms with E-state index in [-0.39, 0.29) is 18.4 Å². The zero-order valence-electron chi connectivity index (χ0n) is 13.9. The van der Waals surface area contributed by atoms with Gasteiger partial charge in [-0.2, -0.15) is 0 Å². The number of carboxylic acids is 1. The van der Waals surface area contributed by atoms with Crippen LogP contribution in [0.4, 0.5) is 0 Å². The summed E-state index contributed by atoms with van der Waals surface area (Å²) >= 11 is 6.27. The Balaban J connectivity index is 1.88. The number of carbonyl (C=O) groups excluding carboxylic acids is 1. The van der Waals surface area contributed by atoms with Crippen LogP contribution in [0, 0.1) is 11.3 Å². The number of amides is 1. The number of fused-ring (bicyclic) bond motifs is 1. The van der Waals surface area contributed by atoms with Crippen LogP contribution >= 0.6 is 11.6 Å². The molecule has 1 aromatic carbocycles. The van der Waals surface area contributed by atoms with Gasteiger partial charge in [-0.25, -0.2) is 0 Å². The van der Waals surface area contributed by atoms with Gasteiger partial charge in [0.15, 0.2) is 0 Å². The molecule has 130 valence electrons. The molecular formula is C18H22ClNO4. The molecule has 0 aliphatic carbocycles. The normalized spacial score (nSPS) is 27.0. The van der Waals surface area contributed by atoms with Gasteiger partial charge in [0.05, 0.1) is 17.4 Å². The van der Waals surface area contributed by atoms with Gasteiger partial charge in [0.25, 0.3) is 0 Å². The summed E-state index contributed by atoms with van der Waals surface area (Å²) in [5.74, 6) is -1.08. The van der Waals surface area contributed by atoms with Crippen molar-refractivity contribution < 1.29 is 19.4 Å². The first-order valence-corrected chi connectivity index (χ1v) is 8.52. The molecule has 6 heteroatoms. The van der Waals surface area contributed by atoms with Crippen LogP contribution in [-0.2, 0) is 19.7 Å². The smallest absolute Gasteiger partial charge is 0.311 e. The third-order valence-corrected chi connectivity index (χ3v) is 5.83. The van der Waals surface area contributed by atoms with Gasteiger partial charge in [0.2, 0.25) is 5.91 Å². The second-order valence-electron chi connectivity index (χ2n) is 7.27. The first-order valence-electron chi connectivity index (χ1n) is 8.14. The van der Waals surface area contributed by atoms with E-state index in [2.05, 4.69) is 0 Å². The average molecular weight is 352 g/mol. The fraction of sp³-hybridized carbons (Fsp3) is 0.556. The maximum absolute atomic E-state index is 13.2. The van der Waals surface area contributed by atoms with Crippen LogP contribution in [0.2, 0.25) is 5.02 Å². The number of ether oxygens (including phenoxy) is 1. The second kappa shape index (κ2) is 6.05. The summed E-state index contributed by atoms with van der Waals surface area (Å²) in [7, 11) is 0.